The molecule has 47 heavy (non-hydrogen) atoms. The number of fused-ring (bicyclic) bond motifs is 9. The lowest BCUT2D eigenvalue weighted by molar-refractivity contribution is 1.08. The SMILES string of the molecule is c1ccc2cc(-c3nc(-c4ccc5ccc6c7ccccc7ccc6c5c4)nc(-c4cccc5c4sc4ccccc45)n3)ccc2c1. The first-order valence-electron chi connectivity index (χ1n) is 15.8. The third-order valence-corrected chi connectivity index (χ3v) is 10.5. The van der Waals surface area contributed by atoms with Crippen LogP contribution in [0.4, 0.5) is 0 Å². The Labute approximate surface area is 274 Å². The Morgan fingerprint density at radius 1 is 0.340 bits per heavy atom. The highest BCUT2D eigenvalue weighted by Crippen LogP contribution is 2.40. The van der Waals surface area contributed by atoms with Gasteiger partial charge in [-0.3, -0.25) is 0 Å². The number of thiophene rings is 1. The lowest BCUT2D eigenvalue weighted by Gasteiger charge is -2.11. The summed E-state index contributed by atoms with van der Waals surface area (Å²) in [6, 6.07) is 54.0. The minimum Gasteiger partial charge on any atom is -0.208 e. The molecule has 0 bridgehead atoms. The van der Waals surface area contributed by atoms with E-state index in [1.807, 2.05) is 0 Å². The van der Waals surface area contributed by atoms with Gasteiger partial charge in [-0.15, -0.1) is 11.3 Å². The average molecular weight is 616 g/mol. The van der Waals surface area contributed by atoms with Gasteiger partial charge in [0, 0.05) is 36.9 Å². The molecule has 10 rings (SSSR count). The van der Waals surface area contributed by atoms with Gasteiger partial charge in [0.25, 0.3) is 0 Å². The van der Waals surface area contributed by atoms with Crippen molar-refractivity contribution >= 4 is 74.6 Å². The molecule has 0 saturated carbocycles. The van der Waals surface area contributed by atoms with E-state index in [0.29, 0.717) is 17.5 Å². The molecule has 2 aromatic heterocycles. The van der Waals surface area contributed by atoms with Crippen LogP contribution < -0.4 is 0 Å². The van der Waals surface area contributed by atoms with Gasteiger partial charge in [-0.1, -0.05) is 127 Å². The molecule has 0 aliphatic heterocycles. The van der Waals surface area contributed by atoms with E-state index >= 15 is 0 Å². The molecule has 0 saturated heterocycles. The highest BCUT2D eigenvalue weighted by Gasteiger charge is 2.17. The fourth-order valence-electron chi connectivity index (χ4n) is 6.96. The first-order valence-corrected chi connectivity index (χ1v) is 16.6. The van der Waals surface area contributed by atoms with Gasteiger partial charge >= 0.3 is 0 Å². The topological polar surface area (TPSA) is 38.7 Å². The highest BCUT2D eigenvalue weighted by atomic mass is 32.1. The zero-order valence-corrected chi connectivity index (χ0v) is 26.0. The van der Waals surface area contributed by atoms with Crippen LogP contribution in [-0.4, -0.2) is 15.0 Å². The molecule has 0 aliphatic carbocycles. The van der Waals surface area contributed by atoms with Gasteiger partial charge in [-0.2, -0.15) is 0 Å². The second kappa shape index (κ2) is 10.3. The minimum atomic E-state index is 0.663. The van der Waals surface area contributed by atoms with Crippen LogP contribution in [0.5, 0.6) is 0 Å². The minimum absolute atomic E-state index is 0.663. The number of hydrogen-bond acceptors (Lipinski definition) is 4. The first-order chi connectivity index (χ1) is 23.3. The molecule has 8 aromatic carbocycles. The summed E-state index contributed by atoms with van der Waals surface area (Å²) in [4.78, 5) is 15.5. The zero-order valence-electron chi connectivity index (χ0n) is 25.2. The molecule has 0 unspecified atom stereocenters. The average Bonchev–Trinajstić information content (AvgIpc) is 3.53. The summed E-state index contributed by atoms with van der Waals surface area (Å²) in [5.74, 6) is 2.01. The van der Waals surface area contributed by atoms with Gasteiger partial charge in [-0.05, 0) is 67.4 Å². The van der Waals surface area contributed by atoms with Crippen molar-refractivity contribution in [3.05, 3.63) is 152 Å². The third-order valence-electron chi connectivity index (χ3n) is 9.29. The maximum absolute atomic E-state index is 5.20. The normalized spacial score (nSPS) is 11.8. The Morgan fingerprint density at radius 2 is 0.915 bits per heavy atom. The fourth-order valence-corrected chi connectivity index (χ4v) is 8.18. The van der Waals surface area contributed by atoms with Crippen molar-refractivity contribution < 1.29 is 0 Å². The van der Waals surface area contributed by atoms with E-state index in [9.17, 15) is 0 Å². The molecular weight excluding hydrogens is 591 g/mol. The Balaban J connectivity index is 1.23. The van der Waals surface area contributed by atoms with Gasteiger partial charge in [0.2, 0.25) is 0 Å². The summed E-state index contributed by atoms with van der Waals surface area (Å²) in [7, 11) is 0. The number of hydrogen-bond donors (Lipinski definition) is 0. The van der Waals surface area contributed by atoms with Crippen LogP contribution in [0.2, 0.25) is 0 Å². The summed E-state index contributed by atoms with van der Waals surface area (Å²) in [5, 5.41) is 12.2. The van der Waals surface area contributed by atoms with Crippen molar-refractivity contribution in [2.45, 2.75) is 0 Å². The van der Waals surface area contributed by atoms with E-state index in [1.165, 1.54) is 57.9 Å². The summed E-state index contributed by atoms with van der Waals surface area (Å²) in [6.07, 6.45) is 0. The molecule has 0 atom stereocenters. The largest absolute Gasteiger partial charge is 0.208 e. The Bertz CT molecular complexity index is 2870. The zero-order chi connectivity index (χ0) is 30.9. The van der Waals surface area contributed by atoms with Crippen LogP contribution in [0.25, 0.3) is 97.4 Å². The van der Waals surface area contributed by atoms with Gasteiger partial charge in [-0.25, -0.2) is 15.0 Å². The van der Waals surface area contributed by atoms with E-state index < -0.39 is 0 Å². The number of nitrogens with zero attached hydrogens (tertiary/aromatic N) is 3. The fraction of sp³-hybridized carbons (Fsp3) is 0. The van der Waals surface area contributed by atoms with Crippen molar-refractivity contribution in [3.63, 3.8) is 0 Å². The molecule has 0 fully saturated rings. The van der Waals surface area contributed by atoms with Crippen molar-refractivity contribution in [3.8, 4) is 34.2 Å². The van der Waals surface area contributed by atoms with Crippen LogP contribution in [0.3, 0.4) is 0 Å². The van der Waals surface area contributed by atoms with E-state index in [2.05, 4.69) is 152 Å². The van der Waals surface area contributed by atoms with E-state index in [0.717, 1.165) is 22.1 Å². The van der Waals surface area contributed by atoms with Gasteiger partial charge in [0.1, 0.15) is 0 Å². The second-order valence-corrected chi connectivity index (χ2v) is 13.1. The summed E-state index contributed by atoms with van der Waals surface area (Å²) in [6.45, 7) is 0. The first kappa shape index (κ1) is 26.3. The molecule has 2 heterocycles. The monoisotopic (exact) mass is 615 g/mol. The predicted octanol–water partition coefficient (Wildman–Crippen LogP) is 11.9. The molecule has 0 spiro atoms. The second-order valence-electron chi connectivity index (χ2n) is 12.0. The van der Waals surface area contributed by atoms with E-state index in [4.69, 9.17) is 15.0 Å². The van der Waals surface area contributed by atoms with Crippen LogP contribution in [0.15, 0.2) is 152 Å². The maximum atomic E-state index is 5.20. The van der Waals surface area contributed by atoms with E-state index in [1.54, 1.807) is 11.3 Å². The maximum Gasteiger partial charge on any atom is 0.165 e. The Hall–Kier alpha value is -5.97. The number of aromatic nitrogens is 3. The third kappa shape index (κ3) is 4.23. The molecule has 10 aromatic rings. The number of benzene rings is 8. The van der Waals surface area contributed by atoms with Gasteiger partial charge in [0.15, 0.2) is 17.5 Å². The molecule has 0 N–H and O–H groups in total. The van der Waals surface area contributed by atoms with Gasteiger partial charge in [0.05, 0.1) is 0 Å². The molecule has 4 heteroatoms. The summed E-state index contributed by atoms with van der Waals surface area (Å²) < 4.78 is 2.44. The van der Waals surface area contributed by atoms with Crippen LogP contribution in [-0.2, 0) is 0 Å². The Kier molecular flexibility index (Phi) is 5.74. The van der Waals surface area contributed by atoms with E-state index in [-0.39, 0.29) is 0 Å². The van der Waals surface area contributed by atoms with Crippen LogP contribution >= 0.6 is 11.3 Å². The molecule has 0 radical (unpaired) electrons. The van der Waals surface area contributed by atoms with Crippen molar-refractivity contribution in [1.82, 2.24) is 15.0 Å². The van der Waals surface area contributed by atoms with Crippen LogP contribution in [0.1, 0.15) is 0 Å². The van der Waals surface area contributed by atoms with Crippen molar-refractivity contribution in [2.75, 3.05) is 0 Å². The van der Waals surface area contributed by atoms with Crippen molar-refractivity contribution in [2.24, 2.45) is 0 Å². The molecule has 0 amide bonds. The highest BCUT2D eigenvalue weighted by molar-refractivity contribution is 7.26. The molecule has 218 valence electrons. The predicted molar refractivity (Wildman–Crippen MR) is 199 cm³/mol. The smallest absolute Gasteiger partial charge is 0.165 e. The lowest BCUT2D eigenvalue weighted by atomic mass is 9.96. The van der Waals surface area contributed by atoms with Gasteiger partial charge < -0.3 is 0 Å². The Morgan fingerprint density at radius 3 is 1.74 bits per heavy atom. The lowest BCUT2D eigenvalue weighted by Crippen LogP contribution is -2.00. The molecular formula is C43H25N3S. The standard InChI is InChI=1S/C43H25N3S/c1-2-10-29-24-30(18-16-26(29)8-1)41-44-42(46-43(45-41)37-14-7-13-36-35-12-5-6-15-39(35)47-40(36)37)31-19-17-28-21-22-33-32-11-4-3-9-27(32)20-23-34(33)38(28)25-31/h1-25H. The molecule has 0 aliphatic rings. The quantitative estimate of drug-likeness (QED) is 0.186. The summed E-state index contributed by atoms with van der Waals surface area (Å²) in [5.41, 5.74) is 2.95. The van der Waals surface area contributed by atoms with Crippen molar-refractivity contribution in [1.29, 1.82) is 0 Å². The molecule has 3 nitrogen and oxygen atoms in total. The number of rotatable bonds is 3. The summed E-state index contributed by atoms with van der Waals surface area (Å²) >= 11 is 1.79. The van der Waals surface area contributed by atoms with Crippen LogP contribution in [0, 0.1) is 0 Å².